The number of carbonyl (C=O) groups excluding carboxylic acids is 1. The lowest BCUT2D eigenvalue weighted by Crippen LogP contribution is -2.07. The van der Waals surface area contributed by atoms with Gasteiger partial charge in [0.15, 0.2) is 0 Å². The highest BCUT2D eigenvalue weighted by atomic mass is 16.5. The zero-order valence-electron chi connectivity index (χ0n) is 29.1. The average Bonchev–Trinajstić information content (AvgIpc) is 2.94. The minimum atomic E-state index is -0.247. The zero-order chi connectivity index (χ0) is 31.1. The highest BCUT2D eigenvalue weighted by Gasteiger charge is 2.09. The van der Waals surface area contributed by atoms with Gasteiger partial charge in [0.1, 0.15) is 0 Å². The number of rotatable bonds is 29. The number of hydrogen-bond donors (Lipinski definition) is 0. The maximum Gasteiger partial charge on any atom is 0.330 e. The van der Waals surface area contributed by atoms with E-state index in [2.05, 4.69) is 59.8 Å². The summed E-state index contributed by atoms with van der Waals surface area (Å²) in [6.07, 6.45) is 42.2. The summed E-state index contributed by atoms with van der Waals surface area (Å²) < 4.78 is 5.40. The van der Waals surface area contributed by atoms with Gasteiger partial charge in [0, 0.05) is 6.08 Å². The molecular weight excluding hydrogens is 512 g/mol. The Labute approximate surface area is 263 Å². The van der Waals surface area contributed by atoms with Crippen molar-refractivity contribution in [2.24, 2.45) is 23.7 Å². The summed E-state index contributed by atoms with van der Waals surface area (Å²) in [5.74, 6) is 2.91. The van der Waals surface area contributed by atoms with Crippen LogP contribution < -0.4 is 0 Å². The van der Waals surface area contributed by atoms with Crippen LogP contribution in [-0.2, 0) is 9.53 Å². The molecule has 0 aromatic heterocycles. The normalized spacial score (nSPS) is 14.6. The van der Waals surface area contributed by atoms with E-state index in [1.165, 1.54) is 122 Å². The molecule has 0 bridgehead atoms. The molecule has 2 heteroatoms. The molecule has 244 valence electrons. The molecule has 0 aliphatic carbocycles. The van der Waals surface area contributed by atoms with E-state index in [4.69, 9.17) is 4.74 Å². The fraction of sp³-hybridized carbons (Fsp3) is 0.775. The fourth-order valence-electron chi connectivity index (χ4n) is 5.48. The molecule has 0 spiro atoms. The van der Waals surface area contributed by atoms with Crippen LogP contribution in [0.5, 0.6) is 0 Å². The predicted molar refractivity (Wildman–Crippen MR) is 188 cm³/mol. The van der Waals surface area contributed by atoms with Crippen molar-refractivity contribution in [3.05, 3.63) is 48.6 Å². The molecule has 0 aromatic rings. The smallest absolute Gasteiger partial charge is 0.330 e. The summed E-state index contributed by atoms with van der Waals surface area (Å²) in [7, 11) is 0. The third kappa shape index (κ3) is 31.4. The molecule has 0 fully saturated rings. The van der Waals surface area contributed by atoms with Gasteiger partial charge in [-0.1, -0.05) is 193 Å². The maximum absolute atomic E-state index is 12.0. The molecule has 0 aliphatic rings. The Morgan fingerprint density at radius 3 is 1.52 bits per heavy atom. The van der Waals surface area contributed by atoms with Crippen molar-refractivity contribution >= 4 is 5.97 Å². The lowest BCUT2D eigenvalue weighted by Gasteiger charge is -2.16. The number of esters is 1. The quantitative estimate of drug-likeness (QED) is 0.0378. The number of ether oxygens (including phenoxy) is 1. The molecule has 0 amide bonds. The highest BCUT2D eigenvalue weighted by Crippen LogP contribution is 2.22. The number of unbranched alkanes of at least 4 members (excludes halogenated alkanes) is 9. The summed E-state index contributed by atoms with van der Waals surface area (Å²) in [6.45, 7) is 14.6. The van der Waals surface area contributed by atoms with E-state index in [0.717, 1.165) is 30.6 Å². The van der Waals surface area contributed by atoms with Crippen LogP contribution in [0.25, 0.3) is 0 Å². The van der Waals surface area contributed by atoms with Crippen LogP contribution in [-0.4, -0.2) is 12.6 Å². The second kappa shape index (κ2) is 30.9. The van der Waals surface area contributed by atoms with E-state index in [1.54, 1.807) is 6.08 Å². The first kappa shape index (κ1) is 40.4. The van der Waals surface area contributed by atoms with Crippen LogP contribution in [0.1, 0.15) is 170 Å². The standard InChI is InChI=1S/C40H72O2/c1-7-8-9-10-11-12-13-14-15-16-17-18-19-20-21-22-23-33-40(41)42-35-34-39(6)32-26-31-38(5)30-25-29-37(4)28-24-27-36(2)3/h17-23,33,36-39H,7-16,24-32,34-35H2,1-6H3. The van der Waals surface area contributed by atoms with Crippen LogP contribution >= 0.6 is 0 Å². The molecule has 42 heavy (non-hydrogen) atoms. The Kier molecular flexibility index (Phi) is 29.7. The molecule has 2 nitrogen and oxygen atoms in total. The first-order chi connectivity index (χ1) is 20.3. The highest BCUT2D eigenvalue weighted by molar-refractivity contribution is 5.82. The average molecular weight is 585 g/mol. The summed E-state index contributed by atoms with van der Waals surface area (Å²) >= 11 is 0. The number of hydrogen-bond acceptors (Lipinski definition) is 2. The zero-order valence-corrected chi connectivity index (χ0v) is 29.1. The van der Waals surface area contributed by atoms with Gasteiger partial charge in [-0.2, -0.15) is 0 Å². The van der Waals surface area contributed by atoms with Crippen LogP contribution in [0.15, 0.2) is 48.6 Å². The SMILES string of the molecule is CCCCCCCCCCCC=CC=CC=CC=CC(=O)OCCC(C)CCCC(C)CCCC(C)CCCC(C)C. The van der Waals surface area contributed by atoms with E-state index in [-0.39, 0.29) is 5.97 Å². The van der Waals surface area contributed by atoms with Crippen LogP contribution in [0.3, 0.4) is 0 Å². The Morgan fingerprint density at radius 1 is 0.524 bits per heavy atom. The molecule has 3 unspecified atom stereocenters. The topological polar surface area (TPSA) is 26.3 Å². The van der Waals surface area contributed by atoms with Crippen molar-refractivity contribution < 1.29 is 9.53 Å². The van der Waals surface area contributed by atoms with Crippen LogP contribution in [0.4, 0.5) is 0 Å². The van der Waals surface area contributed by atoms with Gasteiger partial charge in [-0.25, -0.2) is 4.79 Å². The first-order valence-corrected chi connectivity index (χ1v) is 18.2. The molecule has 3 atom stereocenters. The number of carbonyl (C=O) groups is 1. The Balaban J connectivity index is 3.70. The van der Waals surface area contributed by atoms with E-state index in [9.17, 15) is 4.79 Å². The molecule has 0 radical (unpaired) electrons. The van der Waals surface area contributed by atoms with Crippen LogP contribution in [0.2, 0.25) is 0 Å². The summed E-state index contributed by atoms with van der Waals surface area (Å²) in [4.78, 5) is 12.0. The second-order valence-electron chi connectivity index (χ2n) is 13.6. The van der Waals surface area contributed by atoms with Gasteiger partial charge in [0.05, 0.1) is 6.61 Å². The van der Waals surface area contributed by atoms with Gasteiger partial charge in [-0.3, -0.25) is 0 Å². The molecule has 0 aliphatic heterocycles. The first-order valence-electron chi connectivity index (χ1n) is 18.2. The van der Waals surface area contributed by atoms with Gasteiger partial charge in [-0.15, -0.1) is 0 Å². The van der Waals surface area contributed by atoms with Crippen molar-refractivity contribution in [3.63, 3.8) is 0 Å². The summed E-state index contributed by atoms with van der Waals surface area (Å²) in [5, 5.41) is 0. The van der Waals surface area contributed by atoms with Gasteiger partial charge in [-0.05, 0) is 42.9 Å². The van der Waals surface area contributed by atoms with Gasteiger partial charge in [0.25, 0.3) is 0 Å². The molecule has 0 heterocycles. The summed E-state index contributed by atoms with van der Waals surface area (Å²) in [5.41, 5.74) is 0. The van der Waals surface area contributed by atoms with Crippen molar-refractivity contribution in [2.75, 3.05) is 6.61 Å². The maximum atomic E-state index is 12.0. The van der Waals surface area contributed by atoms with E-state index in [0.29, 0.717) is 12.5 Å². The van der Waals surface area contributed by atoms with Crippen molar-refractivity contribution in [1.29, 1.82) is 0 Å². The summed E-state index contributed by atoms with van der Waals surface area (Å²) in [6, 6.07) is 0. The third-order valence-corrected chi connectivity index (χ3v) is 8.52. The molecule has 0 aromatic carbocycles. The molecule has 0 rings (SSSR count). The molecule has 0 saturated heterocycles. The van der Waals surface area contributed by atoms with E-state index >= 15 is 0 Å². The number of allylic oxidation sites excluding steroid dienone is 7. The van der Waals surface area contributed by atoms with Crippen molar-refractivity contribution in [3.8, 4) is 0 Å². The van der Waals surface area contributed by atoms with Crippen LogP contribution in [0, 0.1) is 23.7 Å². The molecular formula is C40H72O2. The van der Waals surface area contributed by atoms with Gasteiger partial charge < -0.3 is 4.74 Å². The van der Waals surface area contributed by atoms with Gasteiger partial charge in [0.2, 0.25) is 0 Å². The van der Waals surface area contributed by atoms with Gasteiger partial charge >= 0.3 is 5.97 Å². The van der Waals surface area contributed by atoms with E-state index in [1.807, 2.05) is 18.2 Å². The lowest BCUT2D eigenvalue weighted by atomic mass is 9.91. The lowest BCUT2D eigenvalue weighted by molar-refractivity contribution is -0.138. The third-order valence-electron chi connectivity index (χ3n) is 8.52. The Morgan fingerprint density at radius 2 is 0.976 bits per heavy atom. The minimum absolute atomic E-state index is 0.247. The fourth-order valence-corrected chi connectivity index (χ4v) is 5.48. The molecule has 0 N–H and O–H groups in total. The molecule has 0 saturated carbocycles. The van der Waals surface area contributed by atoms with Crippen molar-refractivity contribution in [2.45, 2.75) is 170 Å². The largest absolute Gasteiger partial charge is 0.463 e. The van der Waals surface area contributed by atoms with E-state index < -0.39 is 0 Å². The minimum Gasteiger partial charge on any atom is -0.463 e. The monoisotopic (exact) mass is 585 g/mol. The van der Waals surface area contributed by atoms with Crippen molar-refractivity contribution in [1.82, 2.24) is 0 Å². The predicted octanol–water partition coefficient (Wildman–Crippen LogP) is 13.1. The Bertz CT molecular complexity index is 698. The second-order valence-corrected chi connectivity index (χ2v) is 13.6. The Hall–Kier alpha value is -1.57.